The summed E-state index contributed by atoms with van der Waals surface area (Å²) in [5.41, 5.74) is 2.81. The van der Waals surface area contributed by atoms with Crippen molar-refractivity contribution < 1.29 is 9.15 Å². The Labute approximate surface area is 119 Å². The molecule has 2 aromatic rings. The maximum atomic E-state index is 5.87. The average molecular weight is 272 g/mol. The van der Waals surface area contributed by atoms with E-state index in [1.54, 1.807) is 7.11 Å². The molecule has 1 unspecified atom stereocenters. The van der Waals surface area contributed by atoms with Gasteiger partial charge >= 0.3 is 0 Å². The zero-order valence-electron chi connectivity index (χ0n) is 11.8. The number of fused-ring (bicyclic) bond motifs is 1. The van der Waals surface area contributed by atoms with Crippen LogP contribution in [0.1, 0.15) is 28.7 Å². The van der Waals surface area contributed by atoms with Crippen molar-refractivity contribution in [2.75, 3.05) is 26.8 Å². The highest BCUT2D eigenvalue weighted by Gasteiger charge is 2.29. The summed E-state index contributed by atoms with van der Waals surface area (Å²) in [6.45, 7) is 2.46. The molecule has 0 saturated heterocycles. The minimum Gasteiger partial charge on any atom is -0.445 e. The van der Waals surface area contributed by atoms with Gasteiger partial charge in [0.1, 0.15) is 5.76 Å². The van der Waals surface area contributed by atoms with Gasteiger partial charge in [-0.2, -0.15) is 0 Å². The fourth-order valence-electron chi connectivity index (χ4n) is 2.61. The molecule has 1 aliphatic carbocycles. The van der Waals surface area contributed by atoms with Crippen molar-refractivity contribution in [1.29, 1.82) is 0 Å². The van der Waals surface area contributed by atoms with Gasteiger partial charge in [-0.25, -0.2) is 4.98 Å². The first-order valence-corrected chi connectivity index (χ1v) is 7.10. The molecule has 3 rings (SSSR count). The third-order valence-electron chi connectivity index (χ3n) is 3.77. The van der Waals surface area contributed by atoms with Crippen LogP contribution in [0, 0.1) is 0 Å². The van der Waals surface area contributed by atoms with Gasteiger partial charge in [0.05, 0.1) is 12.8 Å². The first kappa shape index (κ1) is 13.3. The summed E-state index contributed by atoms with van der Waals surface area (Å²) in [6, 6.07) is 8.54. The predicted octanol–water partition coefficient (Wildman–Crippen LogP) is 2.14. The summed E-state index contributed by atoms with van der Waals surface area (Å²) < 4.78 is 10.9. The van der Waals surface area contributed by atoms with Gasteiger partial charge in [0.25, 0.3) is 0 Å². The molecule has 106 valence electrons. The van der Waals surface area contributed by atoms with E-state index >= 15 is 0 Å². The van der Waals surface area contributed by atoms with Crippen molar-refractivity contribution in [3.8, 4) is 0 Å². The second-order valence-corrected chi connectivity index (χ2v) is 5.10. The molecule has 0 fully saturated rings. The maximum absolute atomic E-state index is 5.87. The molecule has 1 aromatic heterocycles. The lowest BCUT2D eigenvalue weighted by Crippen LogP contribution is -2.21. The first-order valence-electron chi connectivity index (χ1n) is 7.10. The van der Waals surface area contributed by atoms with Crippen molar-refractivity contribution >= 4 is 0 Å². The third kappa shape index (κ3) is 2.76. The van der Waals surface area contributed by atoms with Crippen LogP contribution >= 0.6 is 0 Å². The Morgan fingerprint density at radius 2 is 2.25 bits per heavy atom. The van der Waals surface area contributed by atoms with E-state index in [0.29, 0.717) is 5.92 Å². The lowest BCUT2D eigenvalue weighted by molar-refractivity contribution is 0.199. The lowest BCUT2D eigenvalue weighted by Gasteiger charge is -2.27. The Bertz CT molecular complexity index is 565. The molecule has 1 atom stereocenters. The Morgan fingerprint density at radius 1 is 1.35 bits per heavy atom. The number of nitrogens with one attached hydrogen (secondary N) is 1. The van der Waals surface area contributed by atoms with E-state index in [1.807, 2.05) is 6.20 Å². The van der Waals surface area contributed by atoms with Gasteiger partial charge < -0.3 is 14.5 Å². The van der Waals surface area contributed by atoms with E-state index in [0.717, 1.165) is 44.2 Å². The highest BCUT2D eigenvalue weighted by molar-refractivity contribution is 5.44. The Morgan fingerprint density at radius 3 is 3.10 bits per heavy atom. The van der Waals surface area contributed by atoms with Crippen LogP contribution in [0.5, 0.6) is 0 Å². The van der Waals surface area contributed by atoms with Gasteiger partial charge in [-0.05, 0) is 17.5 Å². The quantitative estimate of drug-likeness (QED) is 0.785. The summed E-state index contributed by atoms with van der Waals surface area (Å²) in [5.74, 6) is 2.21. The number of ether oxygens (including phenoxy) is 1. The molecule has 1 aromatic carbocycles. The molecule has 1 N–H and O–H groups in total. The third-order valence-corrected chi connectivity index (χ3v) is 3.77. The molecule has 0 spiro atoms. The minimum absolute atomic E-state index is 0.397. The fraction of sp³-hybridized carbons (Fsp3) is 0.438. The zero-order valence-corrected chi connectivity index (χ0v) is 11.8. The van der Waals surface area contributed by atoms with Crippen molar-refractivity contribution in [3.63, 3.8) is 0 Å². The molecular weight excluding hydrogens is 252 g/mol. The van der Waals surface area contributed by atoms with E-state index < -0.39 is 0 Å². The van der Waals surface area contributed by atoms with Crippen LogP contribution < -0.4 is 5.32 Å². The summed E-state index contributed by atoms with van der Waals surface area (Å²) >= 11 is 0. The lowest BCUT2D eigenvalue weighted by atomic mass is 9.76. The summed E-state index contributed by atoms with van der Waals surface area (Å²) in [4.78, 5) is 4.37. The molecule has 4 heteroatoms. The van der Waals surface area contributed by atoms with Gasteiger partial charge in [0, 0.05) is 32.5 Å². The van der Waals surface area contributed by atoms with Crippen LogP contribution in [0.25, 0.3) is 0 Å². The van der Waals surface area contributed by atoms with E-state index in [1.165, 1.54) is 11.1 Å². The van der Waals surface area contributed by atoms with E-state index in [9.17, 15) is 0 Å². The smallest absolute Gasteiger partial charge is 0.195 e. The van der Waals surface area contributed by atoms with Gasteiger partial charge in [-0.3, -0.25) is 0 Å². The number of rotatable bonds is 7. The van der Waals surface area contributed by atoms with E-state index in [-0.39, 0.29) is 0 Å². The van der Waals surface area contributed by atoms with Crippen molar-refractivity contribution in [1.82, 2.24) is 10.3 Å². The van der Waals surface area contributed by atoms with Crippen LogP contribution in [0.15, 0.2) is 34.9 Å². The number of hydrogen-bond donors (Lipinski definition) is 1. The summed E-state index contributed by atoms with van der Waals surface area (Å²) in [7, 11) is 1.71. The Hall–Kier alpha value is -1.65. The van der Waals surface area contributed by atoms with Crippen molar-refractivity contribution in [3.05, 3.63) is 53.2 Å². The number of oxazole rings is 1. The largest absolute Gasteiger partial charge is 0.445 e. The predicted molar refractivity (Wildman–Crippen MR) is 76.9 cm³/mol. The normalized spacial score (nSPS) is 16.8. The highest BCUT2D eigenvalue weighted by Crippen LogP contribution is 2.39. The molecule has 20 heavy (non-hydrogen) atoms. The van der Waals surface area contributed by atoms with Crippen LogP contribution in [0.3, 0.4) is 0 Å². The molecule has 0 radical (unpaired) electrons. The molecule has 0 bridgehead atoms. The topological polar surface area (TPSA) is 47.3 Å². The van der Waals surface area contributed by atoms with Crippen LogP contribution in [-0.2, 0) is 17.6 Å². The Kier molecular flexibility index (Phi) is 4.14. The van der Waals surface area contributed by atoms with Crippen molar-refractivity contribution in [2.24, 2.45) is 0 Å². The first-order chi connectivity index (χ1) is 9.88. The van der Waals surface area contributed by atoms with Crippen LogP contribution in [0.4, 0.5) is 0 Å². The number of aromatic nitrogens is 1. The van der Waals surface area contributed by atoms with Gasteiger partial charge in [-0.15, -0.1) is 0 Å². The van der Waals surface area contributed by atoms with Crippen molar-refractivity contribution in [2.45, 2.75) is 18.8 Å². The molecular formula is C16H20N2O2. The van der Waals surface area contributed by atoms with Gasteiger partial charge in [0.15, 0.2) is 5.89 Å². The number of hydrogen-bond acceptors (Lipinski definition) is 4. The van der Waals surface area contributed by atoms with E-state index in [4.69, 9.17) is 9.15 Å². The SMILES string of the molecule is COCCNCCc1ncc(C2Cc3ccccc32)o1. The van der Waals surface area contributed by atoms with Crippen LogP contribution in [0.2, 0.25) is 0 Å². The monoisotopic (exact) mass is 272 g/mol. The average Bonchev–Trinajstić information content (AvgIpc) is 2.88. The molecule has 0 aliphatic heterocycles. The fourth-order valence-corrected chi connectivity index (χ4v) is 2.61. The zero-order chi connectivity index (χ0) is 13.8. The number of methoxy groups -OCH3 is 1. The maximum Gasteiger partial charge on any atom is 0.195 e. The Balaban J connectivity index is 1.53. The minimum atomic E-state index is 0.397. The summed E-state index contributed by atoms with van der Waals surface area (Å²) in [6.07, 6.45) is 3.76. The highest BCUT2D eigenvalue weighted by atomic mass is 16.5. The number of benzene rings is 1. The molecule has 0 saturated carbocycles. The molecule has 1 heterocycles. The van der Waals surface area contributed by atoms with Gasteiger partial charge in [0.2, 0.25) is 0 Å². The van der Waals surface area contributed by atoms with Crippen LogP contribution in [-0.4, -0.2) is 31.8 Å². The van der Waals surface area contributed by atoms with Gasteiger partial charge in [-0.1, -0.05) is 24.3 Å². The molecule has 4 nitrogen and oxygen atoms in total. The second-order valence-electron chi connectivity index (χ2n) is 5.10. The van der Waals surface area contributed by atoms with E-state index in [2.05, 4.69) is 34.6 Å². The number of nitrogens with zero attached hydrogens (tertiary/aromatic N) is 1. The molecule has 1 aliphatic rings. The summed E-state index contributed by atoms with van der Waals surface area (Å²) in [5, 5.41) is 3.29. The standard InChI is InChI=1S/C16H20N2O2/c1-19-9-8-17-7-6-16-18-11-15(20-16)14-10-12-4-2-3-5-13(12)14/h2-5,11,14,17H,6-10H2,1H3. The molecule has 0 amide bonds. The second kappa shape index (κ2) is 6.20.